The molecule has 0 saturated carbocycles. The minimum atomic E-state index is -0.496. The molecule has 0 aliphatic rings. The highest BCUT2D eigenvalue weighted by Crippen LogP contribution is 2.16. The summed E-state index contributed by atoms with van der Waals surface area (Å²) in [5, 5.41) is 3.97. The summed E-state index contributed by atoms with van der Waals surface area (Å²) in [5.41, 5.74) is 4.02. The van der Waals surface area contributed by atoms with Crippen molar-refractivity contribution < 1.29 is 9.18 Å². The fourth-order valence-corrected chi connectivity index (χ4v) is 1.67. The first-order valence-corrected chi connectivity index (χ1v) is 6.16. The van der Waals surface area contributed by atoms with Crippen LogP contribution in [0.15, 0.2) is 47.8 Å². The third-order valence-corrected chi connectivity index (χ3v) is 2.89. The van der Waals surface area contributed by atoms with Crippen LogP contribution >= 0.6 is 11.6 Å². The lowest BCUT2D eigenvalue weighted by atomic mass is 10.1. The molecule has 0 aliphatic carbocycles. The SMILES string of the molecule is C/C(=N\NC(=O)c1ccncc1)c1ccc(F)c(Cl)c1. The third-order valence-electron chi connectivity index (χ3n) is 2.61. The number of amides is 1. The number of carbonyl (C=O) groups is 1. The maximum atomic E-state index is 13.1. The van der Waals surface area contributed by atoms with Crippen molar-refractivity contribution in [3.05, 3.63) is 64.7 Å². The van der Waals surface area contributed by atoms with E-state index in [0.717, 1.165) is 0 Å². The largest absolute Gasteiger partial charge is 0.271 e. The lowest BCUT2D eigenvalue weighted by Crippen LogP contribution is -2.19. The summed E-state index contributed by atoms with van der Waals surface area (Å²) in [6.45, 7) is 1.69. The Balaban J connectivity index is 2.11. The van der Waals surface area contributed by atoms with Gasteiger partial charge in [0.15, 0.2) is 0 Å². The number of aromatic nitrogens is 1. The Bertz CT molecular complexity index is 659. The molecule has 6 heteroatoms. The lowest BCUT2D eigenvalue weighted by Gasteiger charge is -2.04. The number of hydrogen-bond acceptors (Lipinski definition) is 3. The molecule has 1 amide bonds. The van der Waals surface area contributed by atoms with Gasteiger partial charge in [-0.2, -0.15) is 5.10 Å². The van der Waals surface area contributed by atoms with Gasteiger partial charge in [-0.05, 0) is 36.8 Å². The summed E-state index contributed by atoms with van der Waals surface area (Å²) in [5.74, 6) is -0.844. The molecule has 2 rings (SSSR count). The summed E-state index contributed by atoms with van der Waals surface area (Å²) in [7, 11) is 0. The molecule has 0 unspecified atom stereocenters. The lowest BCUT2D eigenvalue weighted by molar-refractivity contribution is 0.0954. The first-order valence-electron chi connectivity index (χ1n) is 5.78. The van der Waals surface area contributed by atoms with Crippen molar-refractivity contribution in [2.75, 3.05) is 0 Å². The van der Waals surface area contributed by atoms with Crippen molar-refractivity contribution >= 4 is 23.2 Å². The van der Waals surface area contributed by atoms with Crippen LogP contribution in [0.25, 0.3) is 0 Å². The Morgan fingerprint density at radius 2 is 1.95 bits per heavy atom. The van der Waals surface area contributed by atoms with Crippen molar-refractivity contribution in [2.45, 2.75) is 6.92 Å². The van der Waals surface area contributed by atoms with Crippen LogP contribution in [-0.4, -0.2) is 16.6 Å². The molecule has 20 heavy (non-hydrogen) atoms. The van der Waals surface area contributed by atoms with Crippen molar-refractivity contribution in [1.29, 1.82) is 0 Å². The van der Waals surface area contributed by atoms with E-state index in [-0.39, 0.29) is 10.9 Å². The van der Waals surface area contributed by atoms with Gasteiger partial charge in [-0.3, -0.25) is 9.78 Å². The van der Waals surface area contributed by atoms with Crippen LogP contribution in [0.3, 0.4) is 0 Å². The van der Waals surface area contributed by atoms with E-state index in [0.29, 0.717) is 16.8 Å². The highest BCUT2D eigenvalue weighted by molar-refractivity contribution is 6.31. The van der Waals surface area contributed by atoms with Gasteiger partial charge in [0.2, 0.25) is 0 Å². The number of hydrazone groups is 1. The van der Waals surface area contributed by atoms with Gasteiger partial charge in [0.1, 0.15) is 5.82 Å². The maximum Gasteiger partial charge on any atom is 0.271 e. The molecule has 1 aromatic heterocycles. The van der Waals surface area contributed by atoms with Gasteiger partial charge in [-0.25, -0.2) is 9.82 Å². The molecule has 4 nitrogen and oxygen atoms in total. The van der Waals surface area contributed by atoms with Gasteiger partial charge in [0.05, 0.1) is 10.7 Å². The first-order chi connectivity index (χ1) is 9.58. The predicted molar refractivity (Wildman–Crippen MR) is 75.3 cm³/mol. The average molecular weight is 292 g/mol. The highest BCUT2D eigenvalue weighted by Gasteiger charge is 2.06. The van der Waals surface area contributed by atoms with Crippen LogP contribution in [0.1, 0.15) is 22.8 Å². The van der Waals surface area contributed by atoms with Crippen molar-refractivity contribution in [3.8, 4) is 0 Å². The number of halogens is 2. The van der Waals surface area contributed by atoms with Gasteiger partial charge in [-0.1, -0.05) is 17.7 Å². The standard InChI is InChI=1S/C14H11ClFN3O/c1-9(11-2-3-13(16)12(15)8-11)18-19-14(20)10-4-6-17-7-5-10/h2-8H,1H3,(H,19,20)/b18-9+. The zero-order chi connectivity index (χ0) is 14.5. The summed E-state index contributed by atoms with van der Waals surface area (Å²) < 4.78 is 13.1. The van der Waals surface area contributed by atoms with E-state index in [1.807, 2.05) is 0 Å². The van der Waals surface area contributed by atoms with Crippen LogP contribution in [0.4, 0.5) is 4.39 Å². The quantitative estimate of drug-likeness (QED) is 0.698. The topological polar surface area (TPSA) is 54.4 Å². The number of pyridine rings is 1. The number of nitrogens with zero attached hydrogens (tertiary/aromatic N) is 2. The van der Waals surface area contributed by atoms with Crippen LogP contribution in [-0.2, 0) is 0 Å². The Morgan fingerprint density at radius 1 is 1.25 bits per heavy atom. The van der Waals surface area contributed by atoms with Crippen LogP contribution < -0.4 is 5.43 Å². The maximum absolute atomic E-state index is 13.1. The van der Waals surface area contributed by atoms with E-state index < -0.39 is 5.82 Å². The zero-order valence-corrected chi connectivity index (χ0v) is 11.4. The normalized spacial score (nSPS) is 11.2. The van der Waals surface area contributed by atoms with E-state index in [1.54, 1.807) is 25.1 Å². The number of rotatable bonds is 3. The van der Waals surface area contributed by atoms with Crippen LogP contribution in [0, 0.1) is 5.82 Å². The number of benzene rings is 1. The Morgan fingerprint density at radius 3 is 2.60 bits per heavy atom. The van der Waals surface area contributed by atoms with Gasteiger partial charge in [-0.15, -0.1) is 0 Å². The molecule has 0 radical (unpaired) electrons. The number of hydrogen-bond donors (Lipinski definition) is 1. The van der Waals surface area contributed by atoms with E-state index in [4.69, 9.17) is 11.6 Å². The Hall–Kier alpha value is -2.27. The third kappa shape index (κ3) is 3.39. The summed E-state index contributed by atoms with van der Waals surface area (Å²) in [6.07, 6.45) is 3.04. The van der Waals surface area contributed by atoms with E-state index in [2.05, 4.69) is 15.5 Å². The molecular formula is C14H11ClFN3O. The van der Waals surface area contributed by atoms with Crippen molar-refractivity contribution in [3.63, 3.8) is 0 Å². The smallest absolute Gasteiger partial charge is 0.267 e. The molecule has 1 heterocycles. The molecule has 0 atom stereocenters. The molecule has 0 spiro atoms. The molecule has 2 aromatic rings. The van der Waals surface area contributed by atoms with Crippen molar-refractivity contribution in [1.82, 2.24) is 10.4 Å². The molecule has 102 valence electrons. The summed E-state index contributed by atoms with van der Waals surface area (Å²) in [4.78, 5) is 15.6. The Kier molecular flexibility index (Phi) is 4.42. The predicted octanol–water partition coefficient (Wildman–Crippen LogP) is 3.03. The van der Waals surface area contributed by atoms with Crippen LogP contribution in [0.5, 0.6) is 0 Å². The summed E-state index contributed by atoms with van der Waals surface area (Å²) >= 11 is 5.69. The zero-order valence-electron chi connectivity index (χ0n) is 10.6. The molecule has 0 aliphatic heterocycles. The second-order valence-electron chi connectivity index (χ2n) is 4.00. The molecule has 0 bridgehead atoms. The fraction of sp³-hybridized carbons (Fsp3) is 0.0714. The number of carbonyl (C=O) groups excluding carboxylic acids is 1. The van der Waals surface area contributed by atoms with Crippen molar-refractivity contribution in [2.24, 2.45) is 5.10 Å². The minimum absolute atomic E-state index is 0.0116. The molecule has 1 N–H and O–H groups in total. The molecule has 1 aromatic carbocycles. The molecule has 0 fully saturated rings. The van der Waals surface area contributed by atoms with Gasteiger partial charge < -0.3 is 0 Å². The first kappa shape index (κ1) is 14.1. The second kappa shape index (κ2) is 6.25. The van der Waals surface area contributed by atoms with Crippen LogP contribution in [0.2, 0.25) is 5.02 Å². The van der Waals surface area contributed by atoms with E-state index in [1.165, 1.54) is 24.5 Å². The molecular weight excluding hydrogens is 281 g/mol. The van der Waals surface area contributed by atoms with Gasteiger partial charge in [0, 0.05) is 18.0 Å². The Labute approximate surface area is 120 Å². The fourth-order valence-electron chi connectivity index (χ4n) is 1.49. The van der Waals surface area contributed by atoms with E-state index >= 15 is 0 Å². The minimum Gasteiger partial charge on any atom is -0.267 e. The summed E-state index contributed by atoms with van der Waals surface area (Å²) in [6, 6.07) is 7.40. The van der Waals surface area contributed by atoms with Gasteiger partial charge >= 0.3 is 0 Å². The second-order valence-corrected chi connectivity index (χ2v) is 4.41. The monoisotopic (exact) mass is 291 g/mol. The average Bonchev–Trinajstić information content (AvgIpc) is 2.48. The molecule has 0 saturated heterocycles. The number of nitrogens with one attached hydrogen (secondary N) is 1. The van der Waals surface area contributed by atoms with E-state index in [9.17, 15) is 9.18 Å². The highest BCUT2D eigenvalue weighted by atomic mass is 35.5. The van der Waals surface area contributed by atoms with Gasteiger partial charge in [0.25, 0.3) is 5.91 Å².